The van der Waals surface area contributed by atoms with Crippen molar-refractivity contribution in [1.82, 2.24) is 24.1 Å². The number of carbonyl (C=O) groups is 3. The molecule has 11 heteroatoms. The normalized spacial score (nSPS) is 14.3. The number of aromatic nitrogens is 2. The fraction of sp³-hybridized carbons (Fsp3) is 0.200. The summed E-state index contributed by atoms with van der Waals surface area (Å²) in [5, 5.41) is 20.4. The Morgan fingerprint density at radius 2 is 1.52 bits per heavy atom. The highest BCUT2D eigenvalue weighted by Crippen LogP contribution is 2.32. The zero-order chi connectivity index (χ0) is 32.2. The van der Waals surface area contributed by atoms with Crippen molar-refractivity contribution in [3.05, 3.63) is 126 Å². The highest BCUT2D eigenvalue weighted by atomic mass is 32.2. The third kappa shape index (κ3) is 6.46. The number of aromatic carboxylic acids is 1. The van der Waals surface area contributed by atoms with Gasteiger partial charge in [-0.3, -0.25) is 18.8 Å². The zero-order valence-corrected chi connectivity index (χ0v) is 25.9. The van der Waals surface area contributed by atoms with E-state index >= 15 is 0 Å². The van der Waals surface area contributed by atoms with E-state index in [9.17, 15) is 24.6 Å². The molecule has 46 heavy (non-hydrogen) atoms. The predicted molar refractivity (Wildman–Crippen MR) is 176 cm³/mol. The molecule has 1 saturated heterocycles. The van der Waals surface area contributed by atoms with Crippen molar-refractivity contribution in [2.45, 2.75) is 24.0 Å². The number of carbonyl (C=O) groups excluding carboxylic acids is 2. The number of aromatic hydroxyl groups is 1. The molecular formula is C35H33N5O5S. The van der Waals surface area contributed by atoms with Crippen LogP contribution in [0.25, 0.3) is 10.9 Å². The smallest absolute Gasteiger partial charge is 0.338 e. The minimum absolute atomic E-state index is 0.0331. The number of hydrogen-bond acceptors (Lipinski definition) is 7. The number of amides is 2. The Kier molecular flexibility index (Phi) is 9.04. The average Bonchev–Trinajstić information content (AvgIpc) is 3.51. The van der Waals surface area contributed by atoms with E-state index in [1.807, 2.05) is 36.4 Å². The molecule has 10 nitrogen and oxygen atoms in total. The van der Waals surface area contributed by atoms with Gasteiger partial charge in [0.1, 0.15) is 22.5 Å². The van der Waals surface area contributed by atoms with E-state index in [0.717, 1.165) is 11.9 Å². The number of hydrogen-bond donors (Lipinski definition) is 3. The van der Waals surface area contributed by atoms with Gasteiger partial charge in [0, 0.05) is 55.2 Å². The Hall–Kier alpha value is -5.13. The van der Waals surface area contributed by atoms with Gasteiger partial charge in [-0.15, -0.1) is 0 Å². The van der Waals surface area contributed by atoms with Crippen molar-refractivity contribution < 1.29 is 24.6 Å². The summed E-state index contributed by atoms with van der Waals surface area (Å²) in [6.07, 6.45) is 1.45. The number of nitrogens with one attached hydrogen (secondary N) is 1. The lowest BCUT2D eigenvalue weighted by Crippen LogP contribution is -2.54. The topological polar surface area (TPSA) is 130 Å². The maximum Gasteiger partial charge on any atom is 0.338 e. The molecule has 0 aliphatic carbocycles. The van der Waals surface area contributed by atoms with Crippen molar-refractivity contribution in [2.75, 3.05) is 26.2 Å². The quantitative estimate of drug-likeness (QED) is 0.183. The molecular weight excluding hydrogens is 602 g/mol. The number of piperazine rings is 1. The fourth-order valence-corrected chi connectivity index (χ4v) is 6.80. The number of phenols is 1. The Morgan fingerprint density at radius 1 is 0.870 bits per heavy atom. The second-order valence-electron chi connectivity index (χ2n) is 11.1. The Bertz CT molecular complexity index is 1820. The molecule has 2 amide bonds. The number of rotatable bonds is 9. The molecule has 5 aromatic rings. The molecule has 0 saturated carbocycles. The van der Waals surface area contributed by atoms with Crippen molar-refractivity contribution >= 4 is 40.6 Å². The number of carboxylic acid groups (broad SMARTS) is 1. The number of benzene rings is 3. The summed E-state index contributed by atoms with van der Waals surface area (Å²) in [5.41, 5.74) is 3.10. The number of pyridine rings is 1. The summed E-state index contributed by atoms with van der Waals surface area (Å²) in [6.45, 7) is 3.82. The van der Waals surface area contributed by atoms with Crippen LogP contribution in [-0.2, 0) is 4.79 Å². The first-order valence-corrected chi connectivity index (χ1v) is 15.7. The van der Waals surface area contributed by atoms with Gasteiger partial charge in [0.15, 0.2) is 0 Å². The van der Waals surface area contributed by atoms with Gasteiger partial charge in [-0.05, 0) is 54.4 Å². The highest BCUT2D eigenvalue weighted by molar-refractivity contribution is 7.97. The number of H-pyrrole nitrogens is 1. The third-order valence-corrected chi connectivity index (χ3v) is 9.33. The molecule has 1 aliphatic heterocycles. The van der Waals surface area contributed by atoms with Crippen LogP contribution >= 0.6 is 11.9 Å². The van der Waals surface area contributed by atoms with Crippen molar-refractivity contribution in [3.8, 4) is 5.75 Å². The number of phenolic OH excluding ortho intramolecular Hbond substituents is 1. The van der Waals surface area contributed by atoms with Gasteiger partial charge in [-0.1, -0.05) is 60.7 Å². The van der Waals surface area contributed by atoms with Crippen LogP contribution in [0.3, 0.4) is 0 Å². The van der Waals surface area contributed by atoms with Gasteiger partial charge in [0.25, 0.3) is 5.91 Å². The Labute approximate surface area is 270 Å². The molecule has 0 bridgehead atoms. The van der Waals surface area contributed by atoms with Gasteiger partial charge in [0.2, 0.25) is 5.91 Å². The van der Waals surface area contributed by atoms with E-state index in [1.54, 1.807) is 24.0 Å². The number of aromatic amines is 1. The van der Waals surface area contributed by atoms with Gasteiger partial charge in [-0.25, -0.2) is 9.78 Å². The van der Waals surface area contributed by atoms with Crippen LogP contribution in [0.4, 0.5) is 0 Å². The predicted octanol–water partition coefficient (Wildman–Crippen LogP) is 5.44. The van der Waals surface area contributed by atoms with E-state index in [0.29, 0.717) is 37.1 Å². The lowest BCUT2D eigenvalue weighted by atomic mass is 9.96. The maximum absolute atomic E-state index is 14.0. The largest absolute Gasteiger partial charge is 0.508 e. The number of carboxylic acids is 1. The fourth-order valence-electron chi connectivity index (χ4n) is 5.82. The van der Waals surface area contributed by atoms with Crippen molar-refractivity contribution in [1.29, 1.82) is 0 Å². The average molecular weight is 636 g/mol. The summed E-state index contributed by atoms with van der Waals surface area (Å²) in [6, 6.07) is 28.9. The van der Waals surface area contributed by atoms with E-state index in [2.05, 4.69) is 39.1 Å². The standard InChI is InChI=1S/C35H33N5O5S/c1-23(33(42)39-19-17-38(18-20-39)31(24-9-4-2-5-10-24)25-11-6-3-7-12-25)40(46-32-28(35(44)45)13-8-16-36-32)34(43)30-22-26-21-27(41)14-15-29(26)37-30/h2-16,21-23,31,37,41H,17-20H2,1H3,(H,44,45)/t23-/m1/s1. The highest BCUT2D eigenvalue weighted by Gasteiger charge is 2.35. The summed E-state index contributed by atoms with van der Waals surface area (Å²) < 4.78 is 1.28. The van der Waals surface area contributed by atoms with Gasteiger partial charge in [0.05, 0.1) is 11.6 Å². The first-order chi connectivity index (χ1) is 22.3. The van der Waals surface area contributed by atoms with E-state index in [-0.39, 0.29) is 34.0 Å². The summed E-state index contributed by atoms with van der Waals surface area (Å²) in [4.78, 5) is 51.4. The molecule has 1 atom stereocenters. The zero-order valence-electron chi connectivity index (χ0n) is 25.1. The van der Waals surface area contributed by atoms with E-state index in [1.165, 1.54) is 45.9 Å². The summed E-state index contributed by atoms with van der Waals surface area (Å²) >= 11 is 0.825. The van der Waals surface area contributed by atoms with Gasteiger partial charge < -0.3 is 20.1 Å². The lowest BCUT2D eigenvalue weighted by Gasteiger charge is -2.41. The molecule has 3 heterocycles. The van der Waals surface area contributed by atoms with Crippen LogP contribution in [-0.4, -0.2) is 84.3 Å². The monoisotopic (exact) mass is 635 g/mol. The van der Waals surface area contributed by atoms with E-state index in [4.69, 9.17) is 0 Å². The second-order valence-corrected chi connectivity index (χ2v) is 12.1. The van der Waals surface area contributed by atoms with Crippen LogP contribution in [0.1, 0.15) is 44.9 Å². The molecule has 0 radical (unpaired) electrons. The SMILES string of the molecule is C[C@H](C(=O)N1CCN(C(c2ccccc2)c2ccccc2)CC1)N(Sc1ncccc1C(=O)O)C(=O)c1cc2cc(O)ccc2[nH]1. The van der Waals surface area contributed by atoms with Crippen LogP contribution < -0.4 is 0 Å². The summed E-state index contributed by atoms with van der Waals surface area (Å²) in [7, 11) is 0. The molecule has 234 valence electrons. The number of fused-ring (bicyclic) bond motifs is 1. The van der Waals surface area contributed by atoms with Crippen LogP contribution in [0.2, 0.25) is 0 Å². The Balaban J connectivity index is 1.25. The van der Waals surface area contributed by atoms with Crippen LogP contribution in [0.15, 0.2) is 108 Å². The molecule has 3 N–H and O–H groups in total. The maximum atomic E-state index is 14.0. The van der Waals surface area contributed by atoms with Crippen LogP contribution in [0, 0.1) is 0 Å². The number of nitrogens with zero attached hydrogens (tertiary/aromatic N) is 4. The van der Waals surface area contributed by atoms with Crippen molar-refractivity contribution in [3.63, 3.8) is 0 Å². The second kappa shape index (κ2) is 13.5. The molecule has 6 rings (SSSR count). The molecule has 1 fully saturated rings. The first kappa shape index (κ1) is 30.9. The molecule has 0 spiro atoms. The first-order valence-electron chi connectivity index (χ1n) is 14.9. The minimum Gasteiger partial charge on any atom is -0.508 e. The molecule has 3 aromatic carbocycles. The van der Waals surface area contributed by atoms with Crippen LogP contribution in [0.5, 0.6) is 5.75 Å². The van der Waals surface area contributed by atoms with Gasteiger partial charge in [-0.2, -0.15) is 0 Å². The van der Waals surface area contributed by atoms with Gasteiger partial charge >= 0.3 is 5.97 Å². The molecule has 0 unspecified atom stereocenters. The minimum atomic E-state index is -1.19. The summed E-state index contributed by atoms with van der Waals surface area (Å²) in [5.74, 6) is -1.90. The Morgan fingerprint density at radius 3 is 2.15 bits per heavy atom. The third-order valence-electron chi connectivity index (χ3n) is 8.15. The van der Waals surface area contributed by atoms with Crippen molar-refractivity contribution in [2.24, 2.45) is 0 Å². The lowest BCUT2D eigenvalue weighted by molar-refractivity contribution is -0.136. The molecule has 2 aromatic heterocycles. The molecule has 1 aliphatic rings. The van der Waals surface area contributed by atoms with E-state index < -0.39 is 17.9 Å².